The molecular weight excluding hydrogens is 363 g/mol. The maximum atomic E-state index is 12.3. The molecule has 1 aromatic rings. The molecule has 1 N–H and O–H groups in total. The average Bonchev–Trinajstić information content (AvgIpc) is 3.18. The minimum atomic E-state index is 0.0975. The highest BCUT2D eigenvalue weighted by atomic mass is 127. The molecule has 1 heterocycles. The molecule has 4 heteroatoms. The molecule has 0 amide bonds. The molecule has 20 heavy (non-hydrogen) atoms. The first kappa shape index (κ1) is 13.3. The van der Waals surface area contributed by atoms with Gasteiger partial charge in [0, 0.05) is 11.8 Å². The summed E-state index contributed by atoms with van der Waals surface area (Å²) in [6, 6.07) is 0. The van der Waals surface area contributed by atoms with E-state index in [4.69, 9.17) is 4.98 Å². The number of fused-ring (bicyclic) bond motifs is 2. The topological polar surface area (TPSA) is 45.8 Å². The number of rotatable bonds is 2. The van der Waals surface area contributed by atoms with Gasteiger partial charge in [0.25, 0.3) is 5.56 Å². The van der Waals surface area contributed by atoms with Crippen LogP contribution in [-0.4, -0.2) is 9.97 Å². The number of aromatic amines is 1. The second-order valence-corrected chi connectivity index (χ2v) is 7.99. The Morgan fingerprint density at radius 1 is 1.10 bits per heavy atom. The lowest BCUT2D eigenvalue weighted by molar-refractivity contribution is 0.402. The van der Waals surface area contributed by atoms with Crippen LogP contribution < -0.4 is 5.56 Å². The van der Waals surface area contributed by atoms with Gasteiger partial charge in [-0.1, -0.05) is 19.3 Å². The highest BCUT2D eigenvalue weighted by Crippen LogP contribution is 2.52. The second kappa shape index (κ2) is 5.11. The third kappa shape index (κ3) is 2.14. The Bertz CT molecular complexity index is 576. The third-order valence-corrected chi connectivity index (χ3v) is 6.78. The molecule has 3 atom stereocenters. The lowest BCUT2D eigenvalue weighted by atomic mass is 9.88. The van der Waals surface area contributed by atoms with Crippen molar-refractivity contribution in [2.24, 2.45) is 11.8 Å². The van der Waals surface area contributed by atoms with E-state index in [1.54, 1.807) is 0 Å². The zero-order valence-electron chi connectivity index (χ0n) is 11.7. The van der Waals surface area contributed by atoms with Crippen molar-refractivity contribution in [3.05, 3.63) is 25.4 Å². The molecule has 0 saturated heterocycles. The van der Waals surface area contributed by atoms with Gasteiger partial charge in [0.05, 0.1) is 9.26 Å². The predicted molar refractivity (Wildman–Crippen MR) is 87.0 cm³/mol. The van der Waals surface area contributed by atoms with Crippen LogP contribution in [0.25, 0.3) is 0 Å². The number of nitrogens with zero attached hydrogens (tertiary/aromatic N) is 1. The number of halogens is 1. The SMILES string of the molecule is O=c1[nH]c(C2CC3CCC2C3)nc(C2CCCC2)c1I. The van der Waals surface area contributed by atoms with E-state index in [-0.39, 0.29) is 5.56 Å². The van der Waals surface area contributed by atoms with E-state index < -0.39 is 0 Å². The quantitative estimate of drug-likeness (QED) is 0.786. The summed E-state index contributed by atoms with van der Waals surface area (Å²) in [4.78, 5) is 20.3. The first-order chi connectivity index (χ1) is 9.72. The highest BCUT2D eigenvalue weighted by molar-refractivity contribution is 14.1. The predicted octanol–water partition coefficient (Wildman–Crippen LogP) is 3.94. The van der Waals surface area contributed by atoms with Crippen molar-refractivity contribution in [3.63, 3.8) is 0 Å². The highest BCUT2D eigenvalue weighted by Gasteiger charge is 2.41. The number of hydrogen-bond acceptors (Lipinski definition) is 2. The van der Waals surface area contributed by atoms with E-state index in [1.807, 2.05) is 0 Å². The van der Waals surface area contributed by atoms with Crippen LogP contribution in [-0.2, 0) is 0 Å². The molecule has 3 unspecified atom stereocenters. The van der Waals surface area contributed by atoms with E-state index in [0.717, 1.165) is 26.9 Å². The van der Waals surface area contributed by atoms with Crippen LogP contribution in [0, 0.1) is 15.4 Å². The molecule has 0 radical (unpaired) electrons. The van der Waals surface area contributed by atoms with Crippen LogP contribution in [0.2, 0.25) is 0 Å². The zero-order valence-corrected chi connectivity index (χ0v) is 13.9. The molecule has 0 aromatic carbocycles. The third-order valence-electron chi connectivity index (χ3n) is 5.74. The van der Waals surface area contributed by atoms with Crippen molar-refractivity contribution >= 4 is 22.6 Å². The monoisotopic (exact) mass is 384 g/mol. The summed E-state index contributed by atoms with van der Waals surface area (Å²) < 4.78 is 0.835. The summed E-state index contributed by atoms with van der Waals surface area (Å²) in [5.41, 5.74) is 1.20. The van der Waals surface area contributed by atoms with Crippen LogP contribution in [0.1, 0.15) is 74.7 Å². The van der Waals surface area contributed by atoms with Crippen LogP contribution in [0.4, 0.5) is 0 Å². The fraction of sp³-hybridized carbons (Fsp3) is 0.750. The van der Waals surface area contributed by atoms with E-state index in [9.17, 15) is 4.79 Å². The maximum absolute atomic E-state index is 12.3. The van der Waals surface area contributed by atoms with E-state index in [1.165, 1.54) is 51.4 Å². The summed E-state index contributed by atoms with van der Waals surface area (Å²) in [6.45, 7) is 0. The first-order valence-corrected chi connectivity index (χ1v) is 9.10. The van der Waals surface area contributed by atoms with E-state index >= 15 is 0 Å². The number of nitrogens with one attached hydrogen (secondary N) is 1. The molecule has 3 aliphatic rings. The van der Waals surface area contributed by atoms with Crippen molar-refractivity contribution in [2.75, 3.05) is 0 Å². The van der Waals surface area contributed by atoms with Crippen molar-refractivity contribution < 1.29 is 0 Å². The summed E-state index contributed by atoms with van der Waals surface area (Å²) in [5.74, 6) is 3.73. The van der Waals surface area contributed by atoms with Gasteiger partial charge in [-0.3, -0.25) is 4.79 Å². The second-order valence-electron chi connectivity index (χ2n) is 6.91. The maximum Gasteiger partial charge on any atom is 0.264 e. The summed E-state index contributed by atoms with van der Waals surface area (Å²) in [5, 5.41) is 0. The molecule has 3 fully saturated rings. The minimum absolute atomic E-state index is 0.0975. The van der Waals surface area contributed by atoms with Gasteiger partial charge >= 0.3 is 0 Å². The van der Waals surface area contributed by atoms with Crippen LogP contribution >= 0.6 is 22.6 Å². The lowest BCUT2D eigenvalue weighted by Gasteiger charge is -2.22. The summed E-state index contributed by atoms with van der Waals surface area (Å²) in [6.07, 6.45) is 10.3. The average molecular weight is 384 g/mol. The standard InChI is InChI=1S/C16H21IN2O/c17-13-14(10-3-1-2-4-10)18-15(19-16(13)20)12-8-9-5-6-11(12)7-9/h9-12H,1-8H2,(H,18,19,20). The number of aromatic nitrogens is 2. The molecule has 3 nitrogen and oxygen atoms in total. The Labute approximate surface area is 133 Å². The smallest absolute Gasteiger partial charge is 0.264 e. The molecule has 1 aromatic heterocycles. The Morgan fingerprint density at radius 3 is 2.55 bits per heavy atom. The fourth-order valence-corrected chi connectivity index (χ4v) is 5.42. The normalized spacial score (nSPS) is 33.1. The summed E-state index contributed by atoms with van der Waals surface area (Å²) in [7, 11) is 0. The van der Waals surface area contributed by atoms with Crippen molar-refractivity contribution in [2.45, 2.75) is 63.2 Å². The van der Waals surface area contributed by atoms with Gasteiger partial charge in [-0.05, 0) is 66.5 Å². The van der Waals surface area contributed by atoms with Gasteiger partial charge in [-0.25, -0.2) is 4.98 Å². The molecule has 4 rings (SSSR count). The number of hydrogen-bond donors (Lipinski definition) is 1. The molecule has 0 spiro atoms. The zero-order chi connectivity index (χ0) is 13.7. The Hall–Kier alpha value is -0.390. The number of H-pyrrole nitrogens is 1. The van der Waals surface area contributed by atoms with Crippen molar-refractivity contribution in [3.8, 4) is 0 Å². The molecule has 3 saturated carbocycles. The Morgan fingerprint density at radius 2 is 1.90 bits per heavy atom. The van der Waals surface area contributed by atoms with Gasteiger partial charge in [-0.2, -0.15) is 0 Å². The van der Waals surface area contributed by atoms with Gasteiger partial charge < -0.3 is 4.98 Å². The summed E-state index contributed by atoms with van der Waals surface area (Å²) >= 11 is 2.19. The minimum Gasteiger partial charge on any atom is -0.309 e. The van der Waals surface area contributed by atoms with Crippen molar-refractivity contribution in [1.29, 1.82) is 0 Å². The molecule has 3 aliphatic carbocycles. The van der Waals surface area contributed by atoms with Gasteiger partial charge in [0.15, 0.2) is 0 Å². The van der Waals surface area contributed by atoms with Gasteiger partial charge in [0.2, 0.25) is 0 Å². The molecule has 108 valence electrons. The van der Waals surface area contributed by atoms with E-state index in [2.05, 4.69) is 27.6 Å². The Balaban J connectivity index is 1.71. The van der Waals surface area contributed by atoms with Gasteiger partial charge in [0.1, 0.15) is 5.82 Å². The van der Waals surface area contributed by atoms with Crippen molar-refractivity contribution in [1.82, 2.24) is 9.97 Å². The Kier molecular flexibility index (Phi) is 3.39. The fourth-order valence-electron chi connectivity index (χ4n) is 4.72. The van der Waals surface area contributed by atoms with Crippen LogP contribution in [0.5, 0.6) is 0 Å². The molecule has 0 aliphatic heterocycles. The first-order valence-electron chi connectivity index (χ1n) is 8.02. The molecule has 2 bridgehead atoms. The largest absolute Gasteiger partial charge is 0.309 e. The van der Waals surface area contributed by atoms with E-state index in [0.29, 0.717) is 11.8 Å². The van der Waals surface area contributed by atoms with Gasteiger partial charge in [-0.15, -0.1) is 0 Å². The van der Waals surface area contributed by atoms with Crippen LogP contribution in [0.3, 0.4) is 0 Å². The lowest BCUT2D eigenvalue weighted by Crippen LogP contribution is -2.23. The molecular formula is C16H21IN2O. The van der Waals surface area contributed by atoms with Crippen LogP contribution in [0.15, 0.2) is 4.79 Å².